The molecule has 0 radical (unpaired) electrons. The average Bonchev–Trinajstić information content (AvgIpc) is 2.28. The van der Waals surface area contributed by atoms with E-state index < -0.39 is 0 Å². The lowest BCUT2D eigenvalue weighted by Crippen LogP contribution is -2.34. The Kier molecular flexibility index (Phi) is 5.27. The maximum atomic E-state index is 4.35. The summed E-state index contributed by atoms with van der Waals surface area (Å²) in [5, 5.41) is 12.2. The van der Waals surface area contributed by atoms with E-state index in [0.717, 1.165) is 30.8 Å². The fourth-order valence-corrected chi connectivity index (χ4v) is 2.23. The largest absolute Gasteiger partial charge is 0.309 e. The van der Waals surface area contributed by atoms with Gasteiger partial charge in [-0.3, -0.25) is 0 Å². The summed E-state index contributed by atoms with van der Waals surface area (Å²) in [5.41, 5.74) is 3.60. The Morgan fingerprint density at radius 2 is 1.89 bits per heavy atom. The van der Waals surface area contributed by atoms with Crippen LogP contribution < -0.4 is 5.32 Å². The molecule has 1 unspecified atom stereocenters. The van der Waals surface area contributed by atoms with E-state index in [2.05, 4.69) is 56.2 Å². The Labute approximate surface area is 111 Å². The SMILES string of the molecule is CCCNC(c1cc(C)nnc1CC)C(C)(C)C. The van der Waals surface area contributed by atoms with E-state index in [0.29, 0.717) is 6.04 Å². The molecule has 3 nitrogen and oxygen atoms in total. The molecule has 1 rings (SSSR count). The molecule has 0 amide bonds. The Hall–Kier alpha value is -0.960. The van der Waals surface area contributed by atoms with Gasteiger partial charge in [0.05, 0.1) is 11.4 Å². The van der Waals surface area contributed by atoms with Gasteiger partial charge >= 0.3 is 0 Å². The van der Waals surface area contributed by atoms with E-state index in [1.807, 2.05) is 6.92 Å². The molecular weight excluding hydrogens is 222 g/mol. The number of nitrogens with zero attached hydrogens (tertiary/aromatic N) is 2. The van der Waals surface area contributed by atoms with E-state index in [-0.39, 0.29) is 5.41 Å². The minimum absolute atomic E-state index is 0.175. The Bertz CT molecular complexity index is 380. The molecule has 1 heterocycles. The van der Waals surface area contributed by atoms with Gasteiger partial charge in [0.2, 0.25) is 0 Å². The first-order valence-corrected chi connectivity index (χ1v) is 6.96. The van der Waals surface area contributed by atoms with Crippen molar-refractivity contribution in [2.24, 2.45) is 5.41 Å². The first-order valence-electron chi connectivity index (χ1n) is 6.96. The number of rotatable bonds is 5. The summed E-state index contributed by atoms with van der Waals surface area (Å²) < 4.78 is 0. The second-order valence-corrected chi connectivity index (χ2v) is 5.99. The zero-order valence-corrected chi connectivity index (χ0v) is 12.7. The Morgan fingerprint density at radius 3 is 2.39 bits per heavy atom. The third kappa shape index (κ3) is 3.77. The van der Waals surface area contributed by atoms with Crippen molar-refractivity contribution >= 4 is 0 Å². The van der Waals surface area contributed by atoms with Gasteiger partial charge in [-0.25, -0.2) is 0 Å². The van der Waals surface area contributed by atoms with E-state index in [1.165, 1.54) is 5.56 Å². The predicted molar refractivity (Wildman–Crippen MR) is 76.6 cm³/mol. The van der Waals surface area contributed by atoms with E-state index in [9.17, 15) is 0 Å². The van der Waals surface area contributed by atoms with Crippen molar-refractivity contribution in [3.05, 3.63) is 23.0 Å². The van der Waals surface area contributed by atoms with Crippen molar-refractivity contribution in [3.8, 4) is 0 Å². The van der Waals surface area contributed by atoms with Crippen LogP contribution in [0.25, 0.3) is 0 Å². The van der Waals surface area contributed by atoms with Crippen LogP contribution in [0.4, 0.5) is 0 Å². The zero-order valence-electron chi connectivity index (χ0n) is 12.7. The summed E-state index contributed by atoms with van der Waals surface area (Å²) in [6.45, 7) is 14.2. The third-order valence-corrected chi connectivity index (χ3v) is 3.14. The van der Waals surface area contributed by atoms with E-state index in [4.69, 9.17) is 0 Å². The molecule has 0 saturated heterocycles. The second kappa shape index (κ2) is 6.28. The molecule has 0 aliphatic heterocycles. The van der Waals surface area contributed by atoms with Gasteiger partial charge in [0.1, 0.15) is 0 Å². The van der Waals surface area contributed by atoms with Gasteiger partial charge in [0, 0.05) is 6.04 Å². The highest BCUT2D eigenvalue weighted by atomic mass is 15.1. The molecule has 102 valence electrons. The molecule has 0 fully saturated rings. The molecule has 1 aromatic rings. The Balaban J connectivity index is 3.15. The predicted octanol–water partition coefficient (Wildman–Crippen LogP) is 3.43. The van der Waals surface area contributed by atoms with Crippen LogP contribution in [0.3, 0.4) is 0 Å². The Morgan fingerprint density at radius 1 is 1.22 bits per heavy atom. The molecule has 1 aromatic heterocycles. The van der Waals surface area contributed by atoms with Crippen molar-refractivity contribution in [3.63, 3.8) is 0 Å². The van der Waals surface area contributed by atoms with Gasteiger partial charge in [-0.05, 0) is 43.4 Å². The smallest absolute Gasteiger partial charge is 0.0676 e. The summed E-state index contributed by atoms with van der Waals surface area (Å²) >= 11 is 0. The minimum atomic E-state index is 0.175. The van der Waals surface area contributed by atoms with Crippen molar-refractivity contribution in [1.29, 1.82) is 0 Å². The second-order valence-electron chi connectivity index (χ2n) is 5.99. The molecule has 1 N–H and O–H groups in total. The van der Waals surface area contributed by atoms with Crippen molar-refractivity contribution in [2.45, 2.75) is 60.4 Å². The minimum Gasteiger partial charge on any atom is -0.309 e. The lowest BCUT2D eigenvalue weighted by molar-refractivity contribution is 0.271. The van der Waals surface area contributed by atoms with Crippen molar-refractivity contribution < 1.29 is 0 Å². The highest BCUT2D eigenvalue weighted by molar-refractivity contribution is 5.26. The summed E-state index contributed by atoms with van der Waals surface area (Å²) in [6, 6.07) is 2.52. The topological polar surface area (TPSA) is 37.8 Å². The maximum absolute atomic E-state index is 4.35. The quantitative estimate of drug-likeness (QED) is 0.868. The molecule has 0 spiro atoms. The number of aromatic nitrogens is 2. The highest BCUT2D eigenvalue weighted by Crippen LogP contribution is 2.34. The van der Waals surface area contributed by atoms with Crippen LogP contribution in [0.1, 0.15) is 64.0 Å². The summed E-state index contributed by atoms with van der Waals surface area (Å²) in [6.07, 6.45) is 2.08. The van der Waals surface area contributed by atoms with Crippen LogP contribution in [-0.2, 0) is 6.42 Å². The monoisotopic (exact) mass is 249 g/mol. The molecule has 0 saturated carbocycles. The fraction of sp³-hybridized carbons (Fsp3) is 0.733. The van der Waals surface area contributed by atoms with E-state index in [1.54, 1.807) is 0 Å². The summed E-state index contributed by atoms with van der Waals surface area (Å²) in [7, 11) is 0. The first kappa shape index (κ1) is 15.1. The number of hydrogen-bond acceptors (Lipinski definition) is 3. The third-order valence-electron chi connectivity index (χ3n) is 3.14. The van der Waals surface area contributed by atoms with Gasteiger partial charge in [0.15, 0.2) is 0 Å². The first-order chi connectivity index (χ1) is 8.40. The van der Waals surface area contributed by atoms with Crippen LogP contribution in [0.2, 0.25) is 0 Å². The van der Waals surface area contributed by atoms with Crippen molar-refractivity contribution in [1.82, 2.24) is 15.5 Å². The van der Waals surface area contributed by atoms with E-state index >= 15 is 0 Å². The number of hydrogen-bond donors (Lipinski definition) is 1. The van der Waals surface area contributed by atoms with Crippen molar-refractivity contribution in [2.75, 3.05) is 6.54 Å². The number of aryl methyl sites for hydroxylation is 2. The molecule has 3 heteroatoms. The molecular formula is C15H27N3. The van der Waals surface area contributed by atoms with Crippen LogP contribution in [0, 0.1) is 12.3 Å². The summed E-state index contributed by atoms with van der Waals surface area (Å²) in [4.78, 5) is 0. The van der Waals surface area contributed by atoms with Gasteiger partial charge in [-0.1, -0.05) is 34.6 Å². The lowest BCUT2D eigenvalue weighted by atomic mass is 9.81. The molecule has 0 aliphatic rings. The van der Waals surface area contributed by atoms with Gasteiger partial charge in [-0.15, -0.1) is 0 Å². The molecule has 18 heavy (non-hydrogen) atoms. The van der Waals surface area contributed by atoms with Gasteiger partial charge in [-0.2, -0.15) is 10.2 Å². The molecule has 1 atom stereocenters. The van der Waals surface area contributed by atoms with Gasteiger partial charge < -0.3 is 5.32 Å². The molecule has 0 aliphatic carbocycles. The maximum Gasteiger partial charge on any atom is 0.0676 e. The molecule has 0 aromatic carbocycles. The fourth-order valence-electron chi connectivity index (χ4n) is 2.23. The standard InChI is InChI=1S/C15H27N3/c1-7-9-16-14(15(4,5)6)12-10-11(3)17-18-13(12)8-2/h10,14,16H,7-9H2,1-6H3. The number of nitrogens with one attached hydrogen (secondary N) is 1. The van der Waals surface area contributed by atoms with Gasteiger partial charge in [0.25, 0.3) is 0 Å². The lowest BCUT2D eigenvalue weighted by Gasteiger charge is -2.33. The normalized spacial score (nSPS) is 13.7. The molecule has 0 bridgehead atoms. The highest BCUT2D eigenvalue weighted by Gasteiger charge is 2.28. The van der Waals surface area contributed by atoms with Crippen LogP contribution in [0.5, 0.6) is 0 Å². The van der Waals surface area contributed by atoms with Crippen LogP contribution in [-0.4, -0.2) is 16.7 Å². The zero-order chi connectivity index (χ0) is 13.8. The summed E-state index contributed by atoms with van der Waals surface area (Å²) in [5.74, 6) is 0. The van der Waals surface area contributed by atoms with Crippen LogP contribution >= 0.6 is 0 Å². The average molecular weight is 249 g/mol. The van der Waals surface area contributed by atoms with Crippen LogP contribution in [0.15, 0.2) is 6.07 Å².